The number of carbonyl (C=O) groups excluding carboxylic acids is 4. The third-order valence-electron chi connectivity index (χ3n) is 10.5. The summed E-state index contributed by atoms with van der Waals surface area (Å²) in [5.41, 5.74) is -3.58. The fourth-order valence-electron chi connectivity index (χ4n) is 7.37. The number of ether oxygens (including phenoxy) is 15. The molecule has 0 aromatic carbocycles. The minimum absolute atomic E-state index is 0.00687. The van der Waals surface area contributed by atoms with Crippen molar-refractivity contribution in [3.63, 3.8) is 0 Å². The van der Waals surface area contributed by atoms with E-state index in [0.717, 1.165) is 0 Å². The van der Waals surface area contributed by atoms with Gasteiger partial charge in [0, 0.05) is 6.42 Å². The molecule has 0 aromatic heterocycles. The van der Waals surface area contributed by atoms with Gasteiger partial charge in [-0.1, -0.05) is 6.92 Å². The van der Waals surface area contributed by atoms with E-state index in [-0.39, 0.29) is 19.6 Å². The summed E-state index contributed by atoms with van der Waals surface area (Å²) >= 11 is 0. The van der Waals surface area contributed by atoms with Crippen LogP contribution in [0.25, 0.3) is 0 Å². The Labute approximate surface area is 336 Å². The molecule has 58 heavy (non-hydrogen) atoms. The maximum atomic E-state index is 13.9. The highest BCUT2D eigenvalue weighted by Gasteiger charge is 2.62. The third-order valence-corrected chi connectivity index (χ3v) is 10.5. The second kappa shape index (κ2) is 16.3. The van der Waals surface area contributed by atoms with Gasteiger partial charge in [0.15, 0.2) is 35.4 Å². The number of aliphatic hydroxyl groups is 1. The van der Waals surface area contributed by atoms with Crippen LogP contribution in [0.4, 0.5) is 4.79 Å². The molecule has 6 fully saturated rings. The first-order chi connectivity index (χ1) is 26.9. The summed E-state index contributed by atoms with van der Waals surface area (Å²) in [5.74, 6) is -6.35. The number of hydrogen-bond donors (Lipinski definition) is 1. The number of hydrogen-bond acceptors (Lipinski definition) is 20. The lowest BCUT2D eigenvalue weighted by Crippen LogP contribution is -2.45. The molecule has 6 aliphatic rings. The van der Waals surface area contributed by atoms with Gasteiger partial charge in [0.1, 0.15) is 67.3 Å². The van der Waals surface area contributed by atoms with Crippen LogP contribution >= 0.6 is 0 Å². The molecule has 0 aromatic rings. The fraction of sp³-hybridized carbons (Fsp3) is 0.895. The summed E-state index contributed by atoms with van der Waals surface area (Å²) in [5, 5.41) is 10.3. The van der Waals surface area contributed by atoms with Crippen LogP contribution in [0.2, 0.25) is 0 Å². The highest BCUT2D eigenvalue weighted by atomic mass is 16.8. The molecule has 20 heteroatoms. The number of rotatable bonds is 14. The monoisotopic (exact) mass is 834 g/mol. The van der Waals surface area contributed by atoms with Crippen LogP contribution in [0, 0.1) is 10.8 Å². The van der Waals surface area contributed by atoms with Crippen molar-refractivity contribution in [2.24, 2.45) is 10.8 Å². The molecule has 6 unspecified atom stereocenters. The summed E-state index contributed by atoms with van der Waals surface area (Å²) in [6, 6.07) is 0. The van der Waals surface area contributed by atoms with Crippen molar-refractivity contribution in [3.05, 3.63) is 0 Å². The molecule has 330 valence electrons. The molecule has 20 nitrogen and oxygen atoms in total. The summed E-state index contributed by atoms with van der Waals surface area (Å²) in [6.07, 6.45) is -9.46. The molecule has 6 aliphatic heterocycles. The first-order valence-electron chi connectivity index (χ1n) is 19.5. The van der Waals surface area contributed by atoms with E-state index in [1.165, 1.54) is 13.8 Å². The molecule has 0 aliphatic carbocycles. The Morgan fingerprint density at radius 2 is 0.966 bits per heavy atom. The van der Waals surface area contributed by atoms with Gasteiger partial charge < -0.3 is 76.2 Å². The van der Waals surface area contributed by atoms with Crippen molar-refractivity contribution >= 4 is 24.1 Å². The Balaban J connectivity index is 1.07. The molecule has 1 N–H and O–H groups in total. The van der Waals surface area contributed by atoms with Crippen molar-refractivity contribution in [1.82, 2.24) is 0 Å². The predicted molar refractivity (Wildman–Crippen MR) is 189 cm³/mol. The normalized spacial score (nSPS) is 37.2. The zero-order chi connectivity index (χ0) is 42.6. The lowest BCUT2D eigenvalue weighted by atomic mass is 9.93. The van der Waals surface area contributed by atoms with Gasteiger partial charge in [0.05, 0.1) is 19.8 Å². The van der Waals surface area contributed by atoms with Gasteiger partial charge >= 0.3 is 24.1 Å². The molecule has 12 atom stereocenters. The first kappa shape index (κ1) is 44.8. The van der Waals surface area contributed by atoms with Gasteiger partial charge in [-0.25, -0.2) is 4.79 Å². The van der Waals surface area contributed by atoms with Crippen molar-refractivity contribution in [2.75, 3.05) is 39.6 Å². The number of aliphatic hydroxyl groups excluding tert-OH is 1. The Morgan fingerprint density at radius 3 is 1.36 bits per heavy atom. The van der Waals surface area contributed by atoms with Gasteiger partial charge in [-0.15, -0.1) is 0 Å². The molecule has 6 heterocycles. The topological polar surface area (TPSA) is 227 Å². The average molecular weight is 835 g/mol. The van der Waals surface area contributed by atoms with Gasteiger partial charge in [-0.3, -0.25) is 14.4 Å². The minimum atomic E-state index is -1.80. The lowest BCUT2D eigenvalue weighted by Gasteiger charge is -2.30. The Hall–Kier alpha value is -2.76. The average Bonchev–Trinajstić information content (AvgIpc) is 3.97. The van der Waals surface area contributed by atoms with Crippen LogP contribution in [-0.2, 0) is 85.4 Å². The molecule has 0 amide bonds. The van der Waals surface area contributed by atoms with Crippen molar-refractivity contribution in [2.45, 2.75) is 167 Å². The summed E-state index contributed by atoms with van der Waals surface area (Å²) in [7, 11) is 0. The van der Waals surface area contributed by atoms with Gasteiger partial charge in [-0.05, 0) is 69.2 Å². The van der Waals surface area contributed by atoms with E-state index < -0.39 is 146 Å². The van der Waals surface area contributed by atoms with Crippen LogP contribution in [0.5, 0.6) is 0 Å². The van der Waals surface area contributed by atoms with Crippen molar-refractivity contribution in [3.8, 4) is 0 Å². The smallest absolute Gasteiger partial charge is 0.464 e. The van der Waals surface area contributed by atoms with Crippen LogP contribution in [-0.4, -0.2) is 153 Å². The summed E-state index contributed by atoms with van der Waals surface area (Å²) in [4.78, 5) is 52.6. The van der Waals surface area contributed by atoms with Crippen LogP contribution in [0.1, 0.15) is 82.6 Å². The van der Waals surface area contributed by atoms with E-state index in [2.05, 4.69) is 0 Å². The number of esters is 3. The summed E-state index contributed by atoms with van der Waals surface area (Å²) in [6.45, 7) is 15.8. The number of fused-ring (bicyclic) bond motifs is 2. The van der Waals surface area contributed by atoms with Crippen LogP contribution in [0.15, 0.2) is 0 Å². The highest BCUT2D eigenvalue weighted by Crippen LogP contribution is 2.45. The van der Waals surface area contributed by atoms with E-state index in [1.807, 2.05) is 0 Å². The molecular formula is C38H58O20. The highest BCUT2D eigenvalue weighted by molar-refractivity contribution is 5.79. The zero-order valence-electron chi connectivity index (χ0n) is 34.9. The van der Waals surface area contributed by atoms with Gasteiger partial charge in [-0.2, -0.15) is 0 Å². The molecule has 0 bridgehead atoms. The molecule has 0 radical (unpaired) electrons. The van der Waals surface area contributed by atoms with E-state index in [9.17, 15) is 24.3 Å². The van der Waals surface area contributed by atoms with E-state index >= 15 is 0 Å². The molecule has 6 rings (SSSR count). The molecule has 0 spiro atoms. The standard InChI is InChI=1S/C38H58O20/c1-12-21(40)44-17-38(11,31(42)52-29-27-25(56-36(8,9)58-27)23(50-29)20-14-48-34(4,5)54-20)18-46-32(43)45-16-37(10,15-39)30(41)51-28-26-24(55-35(6,7)57-26)22(49-28)19-13-47-33(2,3)53-19/h19-20,22-29,39H,12-18H2,1-11H3/t19?,20?,22-,23-,24+,25+,26+,27+,28?,29?,37?,38?/m1/s1. The third kappa shape index (κ3) is 9.72. The minimum Gasteiger partial charge on any atom is -0.464 e. The quantitative estimate of drug-likeness (QED) is 0.195. The second-order valence-electron chi connectivity index (χ2n) is 17.7. The Bertz CT molecular complexity index is 1550. The lowest BCUT2D eigenvalue weighted by molar-refractivity contribution is -0.249. The Morgan fingerprint density at radius 1 is 0.569 bits per heavy atom. The fourth-order valence-corrected chi connectivity index (χ4v) is 7.37. The first-order valence-corrected chi connectivity index (χ1v) is 19.5. The van der Waals surface area contributed by atoms with Crippen LogP contribution in [0.3, 0.4) is 0 Å². The SMILES string of the molecule is CCC(=O)OCC(C)(COC(=O)OCC(C)(CO)C(=O)OC1O[C@H](C2COC(C)(C)O2)[C@@H]2OC(C)(C)O[C@H]12)C(=O)OC1O[C@H](C2COC(C)(C)O2)[C@@H]2OC(C)(C)O[C@H]12. The van der Waals surface area contributed by atoms with Crippen LogP contribution < -0.4 is 0 Å². The number of carbonyl (C=O) groups is 4. The Kier molecular flexibility index (Phi) is 12.6. The van der Waals surface area contributed by atoms with E-state index in [1.54, 1.807) is 62.3 Å². The van der Waals surface area contributed by atoms with Crippen molar-refractivity contribution < 1.29 is 95.3 Å². The second-order valence-corrected chi connectivity index (χ2v) is 17.7. The largest absolute Gasteiger partial charge is 0.508 e. The van der Waals surface area contributed by atoms with Crippen molar-refractivity contribution in [1.29, 1.82) is 0 Å². The summed E-state index contributed by atoms with van der Waals surface area (Å²) < 4.78 is 87.2. The van der Waals surface area contributed by atoms with Gasteiger partial charge in [0.2, 0.25) is 12.6 Å². The predicted octanol–water partition coefficient (Wildman–Crippen LogP) is 1.98. The maximum absolute atomic E-state index is 13.9. The van der Waals surface area contributed by atoms with Gasteiger partial charge in [0.25, 0.3) is 0 Å². The maximum Gasteiger partial charge on any atom is 0.508 e. The zero-order valence-corrected chi connectivity index (χ0v) is 34.9. The molecular weight excluding hydrogens is 776 g/mol. The molecule has 6 saturated heterocycles. The van der Waals surface area contributed by atoms with E-state index in [4.69, 9.17) is 71.1 Å². The molecule has 0 saturated carbocycles. The van der Waals surface area contributed by atoms with E-state index in [0.29, 0.717) is 0 Å².